The fraction of sp³-hybridized carbons (Fsp3) is 0.273. The molecule has 4 N–H and O–H groups in total. The maximum atomic E-state index is 11.5. The normalized spacial score (nSPS) is 9.76. The summed E-state index contributed by atoms with van der Waals surface area (Å²) in [6, 6.07) is 7.37. The number of benzene rings is 1. The summed E-state index contributed by atoms with van der Waals surface area (Å²) in [5, 5.41) is 6.89. The molecule has 6 heteroatoms. The SMILES string of the molecule is CNC(=O)C[NH2+]CC(=O)Nc1ccccc1Br. The van der Waals surface area contributed by atoms with E-state index in [0.717, 1.165) is 10.2 Å². The zero-order valence-electron chi connectivity index (χ0n) is 9.50. The second kappa shape index (κ2) is 7.03. The molecule has 1 aromatic carbocycles. The molecule has 0 saturated heterocycles. The first-order chi connectivity index (χ1) is 8.13. The predicted octanol–water partition coefficient (Wildman–Crippen LogP) is -0.303. The lowest BCUT2D eigenvalue weighted by Crippen LogP contribution is -2.88. The molecular formula is C11H15BrN3O2+. The van der Waals surface area contributed by atoms with Crippen LogP contribution in [0.25, 0.3) is 0 Å². The number of rotatable bonds is 5. The second-order valence-corrected chi connectivity index (χ2v) is 4.25. The van der Waals surface area contributed by atoms with Gasteiger partial charge >= 0.3 is 0 Å². The van der Waals surface area contributed by atoms with Gasteiger partial charge in [0.25, 0.3) is 11.8 Å². The van der Waals surface area contributed by atoms with Crippen molar-refractivity contribution in [2.45, 2.75) is 0 Å². The molecule has 0 saturated carbocycles. The van der Waals surface area contributed by atoms with Gasteiger partial charge in [0, 0.05) is 11.5 Å². The van der Waals surface area contributed by atoms with Gasteiger partial charge in [0.1, 0.15) is 0 Å². The molecule has 0 radical (unpaired) electrons. The van der Waals surface area contributed by atoms with Gasteiger partial charge in [0.15, 0.2) is 13.1 Å². The van der Waals surface area contributed by atoms with E-state index < -0.39 is 0 Å². The number of nitrogens with one attached hydrogen (secondary N) is 2. The Bertz CT molecular complexity index is 409. The molecule has 0 bridgehead atoms. The average Bonchev–Trinajstić information content (AvgIpc) is 2.32. The van der Waals surface area contributed by atoms with E-state index in [2.05, 4.69) is 26.6 Å². The van der Waals surface area contributed by atoms with Crippen molar-refractivity contribution in [1.29, 1.82) is 0 Å². The second-order valence-electron chi connectivity index (χ2n) is 3.40. The number of para-hydroxylation sites is 1. The summed E-state index contributed by atoms with van der Waals surface area (Å²) in [4.78, 5) is 22.5. The summed E-state index contributed by atoms with van der Waals surface area (Å²) in [5.74, 6) is -0.237. The minimum Gasteiger partial charge on any atom is -0.354 e. The molecule has 1 rings (SSSR count). The van der Waals surface area contributed by atoms with Crippen molar-refractivity contribution < 1.29 is 14.9 Å². The molecular weight excluding hydrogens is 286 g/mol. The lowest BCUT2D eigenvalue weighted by atomic mass is 10.3. The van der Waals surface area contributed by atoms with Crippen LogP contribution in [0, 0.1) is 0 Å². The lowest BCUT2D eigenvalue weighted by molar-refractivity contribution is -0.632. The number of amides is 2. The van der Waals surface area contributed by atoms with Crippen LogP contribution in [0.1, 0.15) is 0 Å². The first-order valence-electron chi connectivity index (χ1n) is 5.20. The molecule has 0 aliphatic heterocycles. The third-order valence-corrected chi connectivity index (χ3v) is 2.78. The number of carbonyl (C=O) groups excluding carboxylic acids is 2. The topological polar surface area (TPSA) is 74.8 Å². The van der Waals surface area contributed by atoms with E-state index in [1.165, 1.54) is 0 Å². The first kappa shape index (κ1) is 13.7. The molecule has 0 heterocycles. The molecule has 92 valence electrons. The number of halogens is 1. The highest BCUT2D eigenvalue weighted by atomic mass is 79.9. The number of hydrogen-bond acceptors (Lipinski definition) is 2. The van der Waals surface area contributed by atoms with Crippen molar-refractivity contribution in [3.8, 4) is 0 Å². The summed E-state index contributed by atoms with van der Waals surface area (Å²) in [7, 11) is 1.57. The van der Waals surface area contributed by atoms with E-state index in [1.807, 2.05) is 18.2 Å². The maximum absolute atomic E-state index is 11.5. The zero-order chi connectivity index (χ0) is 12.7. The van der Waals surface area contributed by atoms with E-state index in [0.29, 0.717) is 0 Å². The molecule has 2 amide bonds. The monoisotopic (exact) mass is 300 g/mol. The smallest absolute Gasteiger partial charge is 0.279 e. The van der Waals surface area contributed by atoms with Crippen molar-refractivity contribution >= 4 is 33.4 Å². The van der Waals surface area contributed by atoms with Crippen molar-refractivity contribution in [2.75, 3.05) is 25.5 Å². The Morgan fingerprint density at radius 2 is 1.88 bits per heavy atom. The average molecular weight is 301 g/mol. The highest BCUT2D eigenvalue weighted by molar-refractivity contribution is 9.10. The standard InChI is InChI=1S/C11H14BrN3O2/c1-13-10(16)6-14-7-11(17)15-9-5-3-2-4-8(9)12/h2-5,14H,6-7H2,1H3,(H,13,16)(H,15,17)/p+1. The van der Waals surface area contributed by atoms with Crippen LogP contribution in [0.5, 0.6) is 0 Å². The third kappa shape index (κ3) is 4.97. The van der Waals surface area contributed by atoms with Crippen LogP contribution >= 0.6 is 15.9 Å². The number of hydrogen-bond donors (Lipinski definition) is 3. The largest absolute Gasteiger partial charge is 0.354 e. The Morgan fingerprint density at radius 1 is 1.24 bits per heavy atom. The number of likely N-dealkylation sites (N-methyl/N-ethyl adjacent to an activating group) is 1. The quantitative estimate of drug-likeness (QED) is 0.698. The van der Waals surface area contributed by atoms with Crippen LogP contribution in [-0.4, -0.2) is 32.0 Å². The molecule has 0 unspecified atom stereocenters. The molecule has 17 heavy (non-hydrogen) atoms. The highest BCUT2D eigenvalue weighted by Crippen LogP contribution is 2.20. The minimum absolute atomic E-state index is 0.0984. The van der Waals surface area contributed by atoms with Crippen molar-refractivity contribution in [2.24, 2.45) is 0 Å². The van der Waals surface area contributed by atoms with Crippen molar-refractivity contribution in [3.63, 3.8) is 0 Å². The van der Waals surface area contributed by atoms with Crippen LogP contribution in [0.3, 0.4) is 0 Å². The van der Waals surface area contributed by atoms with Crippen molar-refractivity contribution in [1.82, 2.24) is 5.32 Å². The van der Waals surface area contributed by atoms with E-state index >= 15 is 0 Å². The van der Waals surface area contributed by atoms with E-state index in [1.54, 1.807) is 18.4 Å². The highest BCUT2D eigenvalue weighted by Gasteiger charge is 2.07. The summed E-state index contributed by atoms with van der Waals surface area (Å²) < 4.78 is 0.833. The Hall–Kier alpha value is -1.40. The van der Waals surface area contributed by atoms with Crippen molar-refractivity contribution in [3.05, 3.63) is 28.7 Å². The molecule has 5 nitrogen and oxygen atoms in total. The molecule has 0 fully saturated rings. The molecule has 0 atom stereocenters. The Morgan fingerprint density at radius 3 is 2.53 bits per heavy atom. The summed E-state index contributed by atoms with van der Waals surface area (Å²) in [6.45, 7) is 0.467. The third-order valence-electron chi connectivity index (χ3n) is 2.09. The molecule has 0 spiro atoms. The molecule has 1 aromatic rings. The van der Waals surface area contributed by atoms with Gasteiger partial charge in [-0.2, -0.15) is 0 Å². The summed E-state index contributed by atoms with van der Waals surface area (Å²) >= 11 is 3.34. The van der Waals surface area contributed by atoms with Crippen LogP contribution in [0.2, 0.25) is 0 Å². The van der Waals surface area contributed by atoms with Crippen LogP contribution in [0.4, 0.5) is 5.69 Å². The first-order valence-corrected chi connectivity index (χ1v) is 5.99. The van der Waals surface area contributed by atoms with E-state index in [4.69, 9.17) is 0 Å². The molecule has 0 aromatic heterocycles. The van der Waals surface area contributed by atoms with Gasteiger partial charge in [-0.05, 0) is 28.1 Å². The van der Waals surface area contributed by atoms with Gasteiger partial charge in [0.05, 0.1) is 5.69 Å². The lowest BCUT2D eigenvalue weighted by Gasteiger charge is -2.06. The number of nitrogens with two attached hydrogens (primary N) is 1. The predicted molar refractivity (Wildman–Crippen MR) is 68.5 cm³/mol. The van der Waals surface area contributed by atoms with Gasteiger partial charge in [-0.1, -0.05) is 12.1 Å². The van der Waals surface area contributed by atoms with Gasteiger partial charge in [-0.25, -0.2) is 0 Å². The van der Waals surface area contributed by atoms with Gasteiger partial charge in [-0.15, -0.1) is 0 Å². The fourth-order valence-electron chi connectivity index (χ4n) is 1.20. The van der Waals surface area contributed by atoms with Gasteiger partial charge < -0.3 is 16.0 Å². The summed E-state index contributed by atoms with van der Waals surface area (Å²) in [6.07, 6.45) is 0. The Balaban J connectivity index is 2.35. The fourth-order valence-corrected chi connectivity index (χ4v) is 1.58. The van der Waals surface area contributed by atoms with Crippen LogP contribution in [0.15, 0.2) is 28.7 Å². The van der Waals surface area contributed by atoms with Crippen LogP contribution in [-0.2, 0) is 9.59 Å². The molecule has 0 aliphatic rings. The number of anilines is 1. The maximum Gasteiger partial charge on any atom is 0.279 e. The Kier molecular flexibility index (Phi) is 5.65. The molecule has 0 aliphatic carbocycles. The van der Waals surface area contributed by atoms with Gasteiger partial charge in [0.2, 0.25) is 0 Å². The minimum atomic E-state index is -0.138. The van der Waals surface area contributed by atoms with Gasteiger partial charge in [-0.3, -0.25) is 9.59 Å². The van der Waals surface area contributed by atoms with Crippen LogP contribution < -0.4 is 16.0 Å². The zero-order valence-corrected chi connectivity index (χ0v) is 11.1. The number of quaternary nitrogens is 1. The summed E-state index contributed by atoms with van der Waals surface area (Å²) in [5.41, 5.74) is 0.728. The Labute approximate surface area is 108 Å². The van der Waals surface area contributed by atoms with E-state index in [-0.39, 0.29) is 24.9 Å². The van der Waals surface area contributed by atoms with E-state index in [9.17, 15) is 9.59 Å². The number of carbonyl (C=O) groups is 2.